The number of likely N-dealkylation sites (N-methyl/N-ethyl adjacent to an activating group) is 1. The van der Waals surface area contributed by atoms with Crippen LogP contribution < -0.4 is 24.8 Å². The Kier molecular flexibility index (Phi) is 51.2. The minimum Gasteiger partial charge on any atom is -0.507 e. The smallest absolute Gasteiger partial charge is 0.416 e. The predicted octanol–water partition coefficient (Wildman–Crippen LogP) is 18.2. The number of anilines is 2. The number of H-pyrrole nitrogens is 1. The number of unbranched alkanes of at least 4 members (excludes halogenated alkanes) is 1. The summed E-state index contributed by atoms with van der Waals surface area (Å²) >= 11 is 13.3. The predicted molar refractivity (Wildman–Crippen MR) is 511 cm³/mol. The molecular weight excluding hydrogens is 1740 g/mol. The molecule has 3 aromatic heterocycles. The average molecular weight is 1860 g/mol. The Morgan fingerprint density at radius 3 is 1.67 bits per heavy atom. The average Bonchev–Trinajstić information content (AvgIpc) is 0.822. The van der Waals surface area contributed by atoms with E-state index in [1.54, 1.807) is 93.1 Å². The van der Waals surface area contributed by atoms with E-state index in [2.05, 4.69) is 132 Å². The number of ether oxygens (including phenoxy) is 4. The number of fused-ring (bicyclic) bond motifs is 1. The molecule has 0 atom stereocenters. The highest BCUT2D eigenvalue weighted by molar-refractivity contribution is 7.92. The van der Waals surface area contributed by atoms with Crippen molar-refractivity contribution in [1.82, 2.24) is 50.7 Å². The van der Waals surface area contributed by atoms with E-state index in [4.69, 9.17) is 42.1 Å². The van der Waals surface area contributed by atoms with Crippen LogP contribution in [-0.2, 0) is 55.7 Å². The number of Topliss-reactive ketones (excluding diaryl/α,β-unsaturated/α-hetero) is 4. The minimum absolute atomic E-state index is 0.0198. The number of phenolic OH excluding ortho intramolecular Hbond substituents is 1. The first-order valence-corrected chi connectivity index (χ1v) is 44.4. The fraction of sp³-hybridized carbons (Fsp3) is 0.372. The zero-order valence-corrected chi connectivity index (χ0v) is 79.6. The molecule has 2 fully saturated rings. The Bertz CT molecular complexity index is 5230. The minimum atomic E-state index is -4.40. The fourth-order valence-electron chi connectivity index (χ4n) is 10.2. The number of benzene rings is 7. The van der Waals surface area contributed by atoms with Crippen molar-refractivity contribution in [2.24, 2.45) is 15.0 Å². The van der Waals surface area contributed by atoms with Crippen molar-refractivity contribution in [2.75, 3.05) is 116 Å². The van der Waals surface area contributed by atoms with Crippen molar-refractivity contribution in [2.45, 2.75) is 127 Å². The molecule has 0 unspecified atom stereocenters. The molecule has 2 saturated heterocycles. The number of alkyl halides is 3. The van der Waals surface area contributed by atoms with Crippen LogP contribution in [0.4, 0.5) is 29.6 Å². The van der Waals surface area contributed by atoms with E-state index in [1.165, 1.54) is 50.8 Å². The van der Waals surface area contributed by atoms with Crippen LogP contribution in [0.15, 0.2) is 185 Å². The standard InChI is InChI=1S/C18H27NO2.C14H15N3O3S.C14H19NO2.C10H9Cl2NO.C9H9F3N2O.C8H7NS.C8H8O.C6H11NO2.C5H11NO.C2H4N4/c1-12(20)10-19-11-13-8-14(17(2,3)4)16(21)15(9-13)18(5,6)7;1-20-13-7-4-11(5-8-13)3-6-12-9-10-15-14(16-12)17-21(2,18)19;1-3-4-9-17-14-7-5-13(6-8-14)11-15-10-12(2)16;1-7(14)5-13-6-8-2-3-9(11)4-10(8)12;1-13-8(15)14-7-4-2-3-6(5-7)9(10,11)12;1-6-9-7-4-2-3-5-8(7)10-6;1-7(9)8-5-3-2-4-6-8;1-6(8)7-2-4-9-5-3-7;1-6-2-4-7-5-3-6;1-2-3-5-6-4-2/h8-9,11,21H,10H2,1-7H3;3-10H,1-2H3,(H,15,16,17);5-8,11H,3-4,9-10H2,1-2H3;2-4,6H,5H2,1H3;2-5H,1H3,(H2,13,14,15);2-5H,1H3;2-6H,1H3;2-5H2,1H3;2-5H2,1H3;1H3,(H,3,4,5,6)/b;6-3+;;;;;;;;. The van der Waals surface area contributed by atoms with Gasteiger partial charge in [-0.2, -0.15) is 18.4 Å². The molecule has 10 aromatic rings. The van der Waals surface area contributed by atoms with Gasteiger partial charge in [-0.3, -0.25) is 43.7 Å². The summed E-state index contributed by atoms with van der Waals surface area (Å²) in [5.74, 6) is 3.15. The number of urea groups is 1. The zero-order chi connectivity index (χ0) is 96.1. The molecule has 5 N–H and O–H groups in total. The number of hydrogen-bond donors (Lipinski definition) is 5. The molecule has 12 rings (SSSR count). The molecule has 0 aliphatic carbocycles. The van der Waals surface area contributed by atoms with E-state index < -0.39 is 27.8 Å². The second kappa shape index (κ2) is 59.3. The Morgan fingerprint density at radius 2 is 1.21 bits per heavy atom. The van der Waals surface area contributed by atoms with Crippen LogP contribution in [0, 0.1) is 13.8 Å². The van der Waals surface area contributed by atoms with E-state index in [1.807, 2.05) is 122 Å². The van der Waals surface area contributed by atoms with Crippen molar-refractivity contribution in [3.8, 4) is 17.2 Å². The maximum absolute atomic E-state index is 12.3. The molecule has 2 aliphatic rings. The van der Waals surface area contributed by atoms with E-state index in [-0.39, 0.29) is 71.1 Å². The Morgan fingerprint density at radius 1 is 0.659 bits per heavy atom. The Balaban J connectivity index is 0.000000377. The number of para-hydroxylation sites is 1. The zero-order valence-electron chi connectivity index (χ0n) is 76.4. The van der Waals surface area contributed by atoms with Gasteiger partial charge in [0.15, 0.2) is 29.0 Å². The number of carbonyl (C=O) groups is 6. The molecule has 0 saturated carbocycles. The summed E-state index contributed by atoms with van der Waals surface area (Å²) < 4.78 is 83.3. The molecule has 5 heterocycles. The fourth-order valence-corrected chi connectivity index (χ4v) is 12.0. The van der Waals surface area contributed by atoms with Gasteiger partial charge in [0.25, 0.3) is 0 Å². The number of aliphatic imine (C=N–C) groups is 3. The van der Waals surface area contributed by atoms with Crippen LogP contribution in [-0.4, -0.2) is 219 Å². The number of rotatable bonds is 20. The maximum Gasteiger partial charge on any atom is 0.416 e. The summed E-state index contributed by atoms with van der Waals surface area (Å²) in [6.07, 6.45) is 8.98. The van der Waals surface area contributed by atoms with Crippen LogP contribution in [0.3, 0.4) is 0 Å². The first-order chi connectivity index (χ1) is 60.9. The van der Waals surface area contributed by atoms with Crippen molar-refractivity contribution in [1.29, 1.82) is 0 Å². The van der Waals surface area contributed by atoms with Crippen LogP contribution in [0.5, 0.6) is 17.2 Å². The number of methoxy groups -OCH3 is 1. The molecule has 35 heteroatoms. The second-order valence-corrected chi connectivity index (χ2v) is 34.4. The highest BCUT2D eigenvalue weighted by atomic mass is 35.5. The van der Waals surface area contributed by atoms with Crippen LogP contribution >= 0.6 is 34.5 Å². The lowest BCUT2D eigenvalue weighted by molar-refractivity contribution is -0.137. The highest BCUT2D eigenvalue weighted by Crippen LogP contribution is 2.40. The lowest BCUT2D eigenvalue weighted by atomic mass is 9.78. The number of aromatic hydroxyl groups is 1. The molecule has 3 amide bonds. The van der Waals surface area contributed by atoms with Gasteiger partial charge in [0.05, 0.1) is 97.5 Å². The number of nitrogens with one attached hydrogen (secondary N) is 4. The molecule has 2 aliphatic heterocycles. The number of amides is 3. The normalized spacial score (nSPS) is 12.4. The first-order valence-electron chi connectivity index (χ1n) is 40.9. The van der Waals surface area contributed by atoms with Gasteiger partial charge in [0.2, 0.25) is 21.9 Å². The topological polar surface area (TPSA) is 366 Å². The highest BCUT2D eigenvalue weighted by Gasteiger charge is 2.31. The Hall–Kier alpha value is -11.9. The second-order valence-electron chi connectivity index (χ2n) is 30.6. The third-order valence-corrected chi connectivity index (χ3v) is 19.0. The summed E-state index contributed by atoms with van der Waals surface area (Å²) in [5, 5.41) is 30.1. The number of halogens is 5. The molecule has 696 valence electrons. The van der Waals surface area contributed by atoms with Crippen LogP contribution in [0.2, 0.25) is 10.0 Å². The molecule has 129 heavy (non-hydrogen) atoms. The van der Waals surface area contributed by atoms with E-state index in [0.717, 1.165) is 138 Å². The number of hydrogen-bond acceptors (Lipinski definition) is 24. The third kappa shape index (κ3) is 49.9. The van der Waals surface area contributed by atoms with E-state index in [0.29, 0.717) is 40.5 Å². The SMILES string of the molecule is CC(=O)CN=Cc1cc(C(C)(C)C)c(O)c(C(C)(C)C)c1.CC(=O)CN=Cc1ccc(Cl)cc1Cl.CC(=O)N1CCOCC1.CC(=O)c1ccccc1.CCCCOc1ccc(C=NCC(C)=O)cc1.CN1CCOCC1.CNC(=O)Nc1cccc(C(F)(F)F)c1.COc1ccc(/C=C/c2ccnc(NS(C)(=O)=O)n2)cc1.Cc1nc2ccccc2s1.Cc1nn[nH]n1. The molecule has 28 nitrogen and oxygen atoms in total. The van der Waals surface area contributed by atoms with Crippen LogP contribution in [0.1, 0.15) is 162 Å². The van der Waals surface area contributed by atoms with Gasteiger partial charge in [-0.25, -0.2) is 28.2 Å². The number of thiazole rings is 1. The van der Waals surface area contributed by atoms with Crippen molar-refractivity contribution >= 4 is 132 Å². The summed E-state index contributed by atoms with van der Waals surface area (Å²) in [5.41, 5.74) is 6.93. The molecule has 0 spiro atoms. The molecular formula is C94H120Cl2F3N15O13S2. The maximum atomic E-state index is 12.3. The van der Waals surface area contributed by atoms with Gasteiger partial charge >= 0.3 is 12.2 Å². The Labute approximate surface area is 769 Å². The van der Waals surface area contributed by atoms with Gasteiger partial charge in [0, 0.05) is 98.0 Å². The lowest BCUT2D eigenvalue weighted by Gasteiger charge is -2.27. The van der Waals surface area contributed by atoms with Gasteiger partial charge in [-0.05, 0) is 186 Å². The molecule has 7 aromatic carbocycles. The number of sulfonamides is 1. The summed E-state index contributed by atoms with van der Waals surface area (Å²) in [6.45, 7) is 34.4. The molecule has 0 radical (unpaired) electrons. The van der Waals surface area contributed by atoms with Crippen molar-refractivity contribution < 1.29 is 74.4 Å². The number of aryl methyl sites for hydroxylation is 2. The van der Waals surface area contributed by atoms with Gasteiger partial charge in [-0.15, -0.1) is 21.5 Å². The van der Waals surface area contributed by atoms with E-state index >= 15 is 0 Å². The number of tetrazole rings is 1. The van der Waals surface area contributed by atoms with Gasteiger partial charge in [-0.1, -0.05) is 156 Å². The largest absolute Gasteiger partial charge is 0.507 e. The number of aromatic nitrogens is 7. The summed E-state index contributed by atoms with van der Waals surface area (Å²) in [7, 11) is 1.72. The quantitative estimate of drug-likeness (QED) is 0.0269. The summed E-state index contributed by atoms with van der Waals surface area (Å²) in [4.78, 5) is 92.9. The van der Waals surface area contributed by atoms with Gasteiger partial charge in [0.1, 0.15) is 17.2 Å². The summed E-state index contributed by atoms with van der Waals surface area (Å²) in [6, 6.07) is 47.2. The third-order valence-electron chi connectivity index (χ3n) is 16.9. The number of carbonyl (C=O) groups excluding carboxylic acids is 6. The lowest BCUT2D eigenvalue weighted by Crippen LogP contribution is -2.39. The number of ketones is 4. The molecule has 0 bridgehead atoms. The number of morpholine rings is 2. The monoisotopic (exact) mass is 1860 g/mol. The first kappa shape index (κ1) is 111. The van der Waals surface area contributed by atoms with Gasteiger partial charge < -0.3 is 44.5 Å². The van der Waals surface area contributed by atoms with E-state index in [9.17, 15) is 55.5 Å². The number of phenols is 1. The van der Waals surface area contributed by atoms with Crippen molar-refractivity contribution in [3.63, 3.8) is 0 Å². The van der Waals surface area contributed by atoms with Crippen molar-refractivity contribution in [3.05, 3.63) is 241 Å². The van der Waals surface area contributed by atoms with Crippen LogP contribution in [0.25, 0.3) is 22.4 Å². The number of aromatic amines is 1. The number of nitrogens with zero attached hydrogens (tertiary/aromatic N) is 11.